The summed E-state index contributed by atoms with van der Waals surface area (Å²) in [6, 6.07) is 25.0. The van der Waals surface area contributed by atoms with E-state index in [4.69, 9.17) is 0 Å². The van der Waals surface area contributed by atoms with E-state index >= 15 is 0 Å². The molecule has 0 radical (unpaired) electrons. The second kappa shape index (κ2) is 17.9. The Labute approximate surface area is 281 Å². The van der Waals surface area contributed by atoms with Gasteiger partial charge in [0.05, 0.1) is 0 Å². The van der Waals surface area contributed by atoms with Crippen molar-refractivity contribution in [2.24, 2.45) is 0 Å². The molecule has 246 valence electrons. The molecule has 0 aromatic heterocycles. The highest BCUT2D eigenvalue weighted by Crippen LogP contribution is 2.33. The summed E-state index contributed by atoms with van der Waals surface area (Å²) in [7, 11) is 0. The third-order valence-corrected chi connectivity index (χ3v) is 10.5. The van der Waals surface area contributed by atoms with Crippen LogP contribution in [0.5, 0.6) is 0 Å². The molecule has 0 spiro atoms. The average molecular weight is 615 g/mol. The van der Waals surface area contributed by atoms with Gasteiger partial charge in [-0.05, 0) is 153 Å². The minimum atomic E-state index is 1.22. The van der Waals surface area contributed by atoms with Gasteiger partial charge in [-0.25, -0.2) is 0 Å². The van der Waals surface area contributed by atoms with Crippen LogP contribution in [-0.2, 0) is 25.7 Å². The highest BCUT2D eigenvalue weighted by atomic mass is 14.2. The maximum Gasteiger partial charge on any atom is -0.0171 e. The lowest BCUT2D eigenvalue weighted by Crippen LogP contribution is -1.97. The zero-order valence-corrected chi connectivity index (χ0v) is 29.9. The Balaban J connectivity index is 1.51. The zero-order valence-electron chi connectivity index (χ0n) is 29.9. The lowest BCUT2D eigenvalue weighted by Gasteiger charge is -2.15. The molecule has 0 aliphatic heterocycles. The molecule has 0 amide bonds. The zero-order chi connectivity index (χ0) is 32.1. The lowest BCUT2D eigenvalue weighted by atomic mass is 9.90. The van der Waals surface area contributed by atoms with E-state index in [9.17, 15) is 0 Å². The summed E-state index contributed by atoms with van der Waals surface area (Å²) in [6.45, 7) is 9.25. The Kier molecular flexibility index (Phi) is 13.4. The summed E-state index contributed by atoms with van der Waals surface area (Å²) >= 11 is 0. The van der Waals surface area contributed by atoms with Crippen molar-refractivity contribution in [2.45, 2.75) is 156 Å². The largest absolute Gasteiger partial charge is 0.0654 e. The Morgan fingerprint density at radius 3 is 0.630 bits per heavy atom. The van der Waals surface area contributed by atoms with Gasteiger partial charge < -0.3 is 0 Å². The van der Waals surface area contributed by atoms with Gasteiger partial charge in [0, 0.05) is 0 Å². The molecule has 0 aliphatic carbocycles. The first kappa shape index (κ1) is 34.5. The lowest BCUT2D eigenvalue weighted by molar-refractivity contribution is 0.651. The van der Waals surface area contributed by atoms with Crippen molar-refractivity contribution in [3.05, 3.63) is 82.9 Å². The third-order valence-electron chi connectivity index (χ3n) is 10.5. The molecule has 0 aliphatic rings. The van der Waals surface area contributed by atoms with Crippen LogP contribution in [0.25, 0.3) is 43.1 Å². The van der Waals surface area contributed by atoms with Crippen LogP contribution in [-0.4, -0.2) is 0 Å². The van der Waals surface area contributed by atoms with Gasteiger partial charge in [-0.1, -0.05) is 129 Å². The number of unbranched alkanes of at least 4 members (excludes halogenated alkanes) is 12. The molecular weight excluding hydrogens is 553 g/mol. The fourth-order valence-corrected chi connectivity index (χ4v) is 7.69. The van der Waals surface area contributed by atoms with Gasteiger partial charge in [0.25, 0.3) is 0 Å². The number of hydrogen-bond donors (Lipinski definition) is 0. The van der Waals surface area contributed by atoms with E-state index in [2.05, 4.69) is 88.4 Å². The van der Waals surface area contributed by atoms with E-state index < -0.39 is 0 Å². The second-order valence-electron chi connectivity index (χ2n) is 14.4. The molecule has 5 aromatic rings. The molecule has 46 heavy (non-hydrogen) atoms. The molecule has 0 unspecified atom stereocenters. The summed E-state index contributed by atoms with van der Waals surface area (Å²) in [4.78, 5) is 0. The van der Waals surface area contributed by atoms with Gasteiger partial charge >= 0.3 is 0 Å². The second-order valence-corrected chi connectivity index (χ2v) is 14.4. The minimum absolute atomic E-state index is 1.22. The van der Waals surface area contributed by atoms with E-state index in [1.54, 1.807) is 22.3 Å². The molecule has 0 heterocycles. The normalized spacial score (nSPS) is 11.9. The van der Waals surface area contributed by atoms with Crippen molar-refractivity contribution < 1.29 is 0 Å². The highest BCUT2D eigenvalue weighted by Gasteiger charge is 2.11. The van der Waals surface area contributed by atoms with Crippen LogP contribution in [0.15, 0.2) is 60.7 Å². The van der Waals surface area contributed by atoms with E-state index in [1.165, 1.54) is 172 Å². The number of benzene rings is 5. The van der Waals surface area contributed by atoms with E-state index in [0.29, 0.717) is 0 Å². The summed E-state index contributed by atoms with van der Waals surface area (Å²) in [5.41, 5.74) is 6.40. The third kappa shape index (κ3) is 9.14. The topological polar surface area (TPSA) is 0 Å². The molecule has 5 aromatic carbocycles. The average Bonchev–Trinajstić information content (AvgIpc) is 3.06. The fourth-order valence-electron chi connectivity index (χ4n) is 7.69. The van der Waals surface area contributed by atoms with Crippen LogP contribution in [0, 0.1) is 0 Å². The first-order chi connectivity index (χ1) is 22.6. The predicted octanol–water partition coefficient (Wildman–Crippen LogP) is 14.8. The molecule has 0 atom stereocenters. The van der Waals surface area contributed by atoms with E-state index in [-0.39, 0.29) is 0 Å². The Hall–Kier alpha value is -2.86. The first-order valence-electron chi connectivity index (χ1n) is 19.5. The van der Waals surface area contributed by atoms with Crippen molar-refractivity contribution in [2.75, 3.05) is 0 Å². The van der Waals surface area contributed by atoms with Crippen LogP contribution < -0.4 is 0 Å². The van der Waals surface area contributed by atoms with E-state index in [0.717, 1.165) is 0 Å². The Morgan fingerprint density at radius 2 is 0.435 bits per heavy atom. The Morgan fingerprint density at radius 1 is 0.239 bits per heavy atom. The number of rotatable bonds is 20. The van der Waals surface area contributed by atoms with Crippen molar-refractivity contribution in [3.8, 4) is 0 Å². The molecule has 0 nitrogen and oxygen atoms in total. The Bertz CT molecular complexity index is 1440. The van der Waals surface area contributed by atoms with Crippen molar-refractivity contribution in [1.82, 2.24) is 0 Å². The summed E-state index contributed by atoms with van der Waals surface area (Å²) < 4.78 is 0. The molecular formula is C46H62. The van der Waals surface area contributed by atoms with Gasteiger partial charge in [0.15, 0.2) is 0 Å². The number of aryl methyl sites for hydroxylation is 4. The molecule has 0 N–H and O–H groups in total. The number of fused-ring (bicyclic) bond motifs is 4. The summed E-state index contributed by atoms with van der Waals surface area (Å²) in [5.74, 6) is 0. The van der Waals surface area contributed by atoms with Gasteiger partial charge in [0.2, 0.25) is 0 Å². The first-order valence-corrected chi connectivity index (χ1v) is 19.5. The van der Waals surface area contributed by atoms with Crippen LogP contribution in [0.4, 0.5) is 0 Å². The van der Waals surface area contributed by atoms with Crippen molar-refractivity contribution >= 4 is 43.1 Å². The maximum absolute atomic E-state index is 2.55. The van der Waals surface area contributed by atoms with Crippen molar-refractivity contribution in [3.63, 3.8) is 0 Å². The molecule has 0 fully saturated rings. The molecule has 0 heteroatoms. The van der Waals surface area contributed by atoms with Crippen molar-refractivity contribution in [1.29, 1.82) is 0 Å². The number of hydrogen-bond acceptors (Lipinski definition) is 0. The quantitative estimate of drug-likeness (QED) is 0.0604. The summed E-state index contributed by atoms with van der Waals surface area (Å²) in [6.07, 6.45) is 26.2. The van der Waals surface area contributed by atoms with Crippen LogP contribution in [0.2, 0.25) is 0 Å². The molecule has 0 bridgehead atoms. The van der Waals surface area contributed by atoms with Crippen LogP contribution in [0.1, 0.15) is 153 Å². The van der Waals surface area contributed by atoms with Gasteiger partial charge in [-0.2, -0.15) is 0 Å². The molecule has 0 saturated heterocycles. The fraction of sp³-hybridized carbons (Fsp3) is 0.522. The van der Waals surface area contributed by atoms with Gasteiger partial charge in [-0.3, -0.25) is 0 Å². The minimum Gasteiger partial charge on any atom is -0.0654 e. The smallest absolute Gasteiger partial charge is 0.0171 e. The monoisotopic (exact) mass is 614 g/mol. The maximum atomic E-state index is 2.55. The standard InChI is InChI=1S/C46H62/c1-5-9-13-17-21-35-25-39-29-43-33-45-31-41-27-37(23-19-15-11-7-3)38(24-20-16-12-8-4)28-42(41)32-46(45)34-44(43)30-40(39)26-36(35)22-18-14-10-6-2/h25-34H,5-24H2,1-4H3. The van der Waals surface area contributed by atoms with Crippen LogP contribution >= 0.6 is 0 Å². The SMILES string of the molecule is CCCCCCc1cc2cc3cc4cc5cc(CCCCCC)c(CCCCCC)cc5cc4cc3cc2cc1CCCCCC. The predicted molar refractivity (Wildman–Crippen MR) is 208 cm³/mol. The van der Waals surface area contributed by atoms with Gasteiger partial charge in [-0.15, -0.1) is 0 Å². The summed E-state index contributed by atoms with van der Waals surface area (Å²) in [5, 5.41) is 11.2. The highest BCUT2D eigenvalue weighted by molar-refractivity contribution is 6.08. The molecule has 0 saturated carbocycles. The molecule has 5 rings (SSSR count). The van der Waals surface area contributed by atoms with Crippen LogP contribution in [0.3, 0.4) is 0 Å². The van der Waals surface area contributed by atoms with Gasteiger partial charge in [0.1, 0.15) is 0 Å². The van der Waals surface area contributed by atoms with E-state index in [1.807, 2.05) is 0 Å².